The molecule has 3 aromatic carbocycles. The third-order valence-electron chi connectivity index (χ3n) is 7.07. The molecule has 0 spiro atoms. The monoisotopic (exact) mass is 505 g/mol. The summed E-state index contributed by atoms with van der Waals surface area (Å²) in [4.78, 5) is 9.79. The van der Waals surface area contributed by atoms with Gasteiger partial charge in [-0.15, -0.1) is 0 Å². The molecule has 5 heteroatoms. The van der Waals surface area contributed by atoms with Gasteiger partial charge in [-0.3, -0.25) is 4.98 Å². The summed E-state index contributed by atoms with van der Waals surface area (Å²) in [5, 5.41) is 12.0. The Hall–Kier alpha value is -3.70. The van der Waals surface area contributed by atoms with E-state index < -0.39 is 8.07 Å². The standard InChI is InChI=1S/C32H35N3OSi/c1-32(2,3)23-17-21(16-22(18-23)27-13-10-11-15-33-27)26-19-24(37(5,6)7)20-28-30(26)34-31(35(28)4)25-12-8-9-14-29(25)36/h8-20,36H,1-7H3. The fourth-order valence-corrected chi connectivity index (χ4v) is 5.89. The second-order valence-corrected chi connectivity index (χ2v) is 17.0. The summed E-state index contributed by atoms with van der Waals surface area (Å²) >= 11 is 0. The van der Waals surface area contributed by atoms with Crippen molar-refractivity contribution in [3.8, 4) is 39.5 Å². The van der Waals surface area contributed by atoms with E-state index in [1.54, 1.807) is 6.07 Å². The van der Waals surface area contributed by atoms with E-state index in [1.807, 2.05) is 43.6 Å². The maximum Gasteiger partial charge on any atom is 0.144 e. The van der Waals surface area contributed by atoms with Gasteiger partial charge in [-0.05, 0) is 59.0 Å². The molecule has 0 saturated heterocycles. The van der Waals surface area contributed by atoms with Crippen molar-refractivity contribution in [3.63, 3.8) is 0 Å². The first-order valence-electron chi connectivity index (χ1n) is 12.8. The number of benzene rings is 3. The van der Waals surface area contributed by atoms with Crippen molar-refractivity contribution in [1.29, 1.82) is 0 Å². The number of para-hydroxylation sites is 1. The number of hydrogen-bond acceptors (Lipinski definition) is 3. The molecule has 5 aromatic rings. The molecular weight excluding hydrogens is 470 g/mol. The Morgan fingerprint density at radius 1 is 0.811 bits per heavy atom. The fourth-order valence-electron chi connectivity index (χ4n) is 4.74. The summed E-state index contributed by atoms with van der Waals surface area (Å²) in [6.07, 6.45) is 1.85. The minimum Gasteiger partial charge on any atom is -0.507 e. The Morgan fingerprint density at radius 2 is 1.51 bits per heavy atom. The zero-order chi connectivity index (χ0) is 26.5. The third kappa shape index (κ3) is 4.71. The number of nitrogens with zero attached hydrogens (tertiary/aromatic N) is 3. The Labute approximate surface area is 220 Å². The molecule has 0 atom stereocenters. The van der Waals surface area contributed by atoms with Gasteiger partial charge >= 0.3 is 0 Å². The number of aromatic nitrogens is 3. The van der Waals surface area contributed by atoms with Crippen LogP contribution in [0.25, 0.3) is 44.8 Å². The molecule has 0 aliphatic rings. The smallest absolute Gasteiger partial charge is 0.144 e. The molecule has 2 heterocycles. The zero-order valence-corrected chi connectivity index (χ0v) is 23.8. The van der Waals surface area contributed by atoms with E-state index in [0.717, 1.165) is 44.8 Å². The van der Waals surface area contributed by atoms with E-state index >= 15 is 0 Å². The average Bonchev–Trinajstić information content (AvgIpc) is 3.19. The molecule has 5 rings (SSSR count). The summed E-state index contributed by atoms with van der Waals surface area (Å²) in [5.74, 6) is 0.999. The van der Waals surface area contributed by atoms with Crippen LogP contribution >= 0.6 is 0 Å². The quantitative estimate of drug-likeness (QED) is 0.257. The predicted molar refractivity (Wildman–Crippen MR) is 158 cm³/mol. The Morgan fingerprint density at radius 3 is 2.16 bits per heavy atom. The van der Waals surface area contributed by atoms with E-state index in [-0.39, 0.29) is 11.2 Å². The molecule has 0 saturated carbocycles. The first-order valence-corrected chi connectivity index (χ1v) is 16.3. The van der Waals surface area contributed by atoms with Crippen LogP contribution in [0.1, 0.15) is 26.3 Å². The second-order valence-electron chi connectivity index (χ2n) is 11.9. The Balaban J connectivity index is 1.85. The number of hydrogen-bond donors (Lipinski definition) is 1. The highest BCUT2D eigenvalue weighted by molar-refractivity contribution is 6.88. The van der Waals surface area contributed by atoms with Crippen LogP contribution in [0.4, 0.5) is 0 Å². The van der Waals surface area contributed by atoms with Crippen molar-refractivity contribution in [2.24, 2.45) is 7.05 Å². The molecule has 0 aliphatic heterocycles. The van der Waals surface area contributed by atoms with Crippen LogP contribution in [0.15, 0.2) is 79.0 Å². The van der Waals surface area contributed by atoms with Gasteiger partial charge in [-0.1, -0.05) is 75.9 Å². The molecule has 0 unspecified atom stereocenters. The van der Waals surface area contributed by atoms with Crippen LogP contribution < -0.4 is 5.19 Å². The molecule has 4 nitrogen and oxygen atoms in total. The van der Waals surface area contributed by atoms with Crippen molar-refractivity contribution in [1.82, 2.24) is 14.5 Å². The zero-order valence-electron chi connectivity index (χ0n) is 22.8. The number of aryl methyl sites for hydroxylation is 1. The van der Waals surface area contributed by atoms with Crippen LogP contribution in [-0.2, 0) is 12.5 Å². The lowest BCUT2D eigenvalue weighted by atomic mass is 9.83. The number of imidazole rings is 1. The lowest BCUT2D eigenvalue weighted by Gasteiger charge is -2.23. The van der Waals surface area contributed by atoms with Crippen LogP contribution in [0.5, 0.6) is 5.75 Å². The third-order valence-corrected chi connectivity index (χ3v) is 9.09. The molecule has 188 valence electrons. The Kier molecular flexibility index (Phi) is 6.07. The second kappa shape index (κ2) is 9.00. The summed E-state index contributed by atoms with van der Waals surface area (Å²) in [7, 11) is 0.392. The van der Waals surface area contributed by atoms with Gasteiger partial charge in [0.2, 0.25) is 0 Å². The van der Waals surface area contributed by atoms with Gasteiger partial charge < -0.3 is 9.67 Å². The van der Waals surface area contributed by atoms with Crippen molar-refractivity contribution < 1.29 is 5.11 Å². The van der Waals surface area contributed by atoms with Crippen molar-refractivity contribution in [3.05, 3.63) is 84.6 Å². The van der Waals surface area contributed by atoms with Crippen LogP contribution in [0.3, 0.4) is 0 Å². The van der Waals surface area contributed by atoms with Crippen LogP contribution in [0.2, 0.25) is 19.6 Å². The number of phenolic OH excluding ortho intramolecular Hbond substituents is 1. The maximum absolute atomic E-state index is 10.6. The Bertz CT molecular complexity index is 1610. The highest BCUT2D eigenvalue weighted by Gasteiger charge is 2.24. The lowest BCUT2D eigenvalue weighted by Crippen LogP contribution is -2.37. The minimum absolute atomic E-state index is 0.0276. The lowest BCUT2D eigenvalue weighted by molar-refractivity contribution is 0.476. The highest BCUT2D eigenvalue weighted by Crippen LogP contribution is 2.38. The summed E-state index contributed by atoms with van der Waals surface area (Å²) < 4.78 is 2.12. The maximum atomic E-state index is 10.6. The first kappa shape index (κ1) is 25.0. The number of phenols is 1. The minimum atomic E-state index is -1.65. The van der Waals surface area contributed by atoms with E-state index in [2.05, 4.69) is 86.4 Å². The number of fused-ring (bicyclic) bond motifs is 1. The average molecular weight is 506 g/mol. The molecule has 1 N–H and O–H groups in total. The van der Waals surface area contributed by atoms with Crippen molar-refractivity contribution >= 4 is 24.3 Å². The van der Waals surface area contributed by atoms with Gasteiger partial charge in [0, 0.05) is 24.4 Å². The molecule has 0 amide bonds. The van der Waals surface area contributed by atoms with Gasteiger partial charge in [-0.2, -0.15) is 0 Å². The highest BCUT2D eigenvalue weighted by atomic mass is 28.3. The van der Waals surface area contributed by atoms with Gasteiger partial charge in [0.25, 0.3) is 0 Å². The van der Waals surface area contributed by atoms with E-state index in [0.29, 0.717) is 0 Å². The van der Waals surface area contributed by atoms with Crippen LogP contribution in [0, 0.1) is 0 Å². The topological polar surface area (TPSA) is 50.9 Å². The molecule has 0 fully saturated rings. The summed E-state index contributed by atoms with van der Waals surface area (Å²) in [6.45, 7) is 13.9. The van der Waals surface area contributed by atoms with Crippen molar-refractivity contribution in [2.75, 3.05) is 0 Å². The number of rotatable bonds is 4. The molecule has 37 heavy (non-hydrogen) atoms. The fraction of sp³-hybridized carbons (Fsp3) is 0.250. The molecule has 0 bridgehead atoms. The SMILES string of the molecule is Cn1c(-c2ccccc2O)nc2c(-c3cc(-c4ccccn4)cc(C(C)(C)C)c3)cc([Si](C)(C)C)cc21. The molecule has 0 radical (unpaired) electrons. The molecule has 2 aromatic heterocycles. The first-order chi connectivity index (χ1) is 17.4. The predicted octanol–water partition coefficient (Wildman–Crippen LogP) is 7.52. The van der Waals surface area contributed by atoms with Gasteiger partial charge in [0.1, 0.15) is 11.6 Å². The summed E-state index contributed by atoms with van der Waals surface area (Å²) in [5.41, 5.74) is 8.31. The molecular formula is C32H35N3OSi. The van der Waals surface area contributed by atoms with E-state index in [9.17, 15) is 5.11 Å². The number of aromatic hydroxyl groups is 1. The normalized spacial score (nSPS) is 12.3. The van der Waals surface area contributed by atoms with Crippen LogP contribution in [-0.4, -0.2) is 27.7 Å². The largest absolute Gasteiger partial charge is 0.507 e. The summed E-state index contributed by atoms with van der Waals surface area (Å²) in [6, 6.07) is 24.9. The van der Waals surface area contributed by atoms with E-state index in [1.165, 1.54) is 10.8 Å². The van der Waals surface area contributed by atoms with Gasteiger partial charge in [0.15, 0.2) is 0 Å². The van der Waals surface area contributed by atoms with Gasteiger partial charge in [-0.25, -0.2) is 4.98 Å². The molecule has 0 aliphatic carbocycles. The van der Waals surface area contributed by atoms with E-state index in [4.69, 9.17) is 4.98 Å². The van der Waals surface area contributed by atoms with Crippen molar-refractivity contribution in [2.45, 2.75) is 45.8 Å². The van der Waals surface area contributed by atoms with Gasteiger partial charge in [0.05, 0.1) is 30.4 Å². The number of pyridine rings is 1.